The van der Waals surface area contributed by atoms with E-state index in [-0.39, 0.29) is 31.1 Å². The Kier molecular flexibility index (Phi) is 53.3. The van der Waals surface area contributed by atoms with Gasteiger partial charge in [-0.2, -0.15) is 0 Å². The van der Waals surface area contributed by atoms with Gasteiger partial charge in [0.1, 0.15) is 13.2 Å². The standard InChI is InChI=1S/C61H108O6/c1-4-7-10-13-16-19-22-25-28-30-33-36-39-42-45-48-51-54-60(63)66-57-58(56-65-59(62)53-50-47-44-41-38-35-32-27-24-21-18-15-12-9-6-3)67-61(64)55-52-49-46-43-40-37-34-31-29-26-23-20-17-14-11-8-5-2/h7,10,16,19,25-29,32,58H,4-6,8-9,11-15,17-18,20-24,30-31,33-57H2,1-3H3/b10-7-,19-16-,28-25-,29-26-,32-27-. The highest BCUT2D eigenvalue weighted by Gasteiger charge is 2.19. The molecule has 6 heteroatoms. The molecular weight excluding hydrogens is 829 g/mol. The number of hydrogen-bond acceptors (Lipinski definition) is 6. The van der Waals surface area contributed by atoms with Crippen LogP contribution >= 0.6 is 0 Å². The van der Waals surface area contributed by atoms with Gasteiger partial charge in [0.25, 0.3) is 0 Å². The largest absolute Gasteiger partial charge is 0.462 e. The summed E-state index contributed by atoms with van der Waals surface area (Å²) in [6.07, 6.45) is 69.2. The summed E-state index contributed by atoms with van der Waals surface area (Å²) >= 11 is 0. The summed E-state index contributed by atoms with van der Waals surface area (Å²) in [6.45, 7) is 6.53. The average molecular weight is 938 g/mol. The van der Waals surface area contributed by atoms with E-state index in [1.54, 1.807) is 0 Å². The third-order valence-electron chi connectivity index (χ3n) is 12.5. The second-order valence-electron chi connectivity index (χ2n) is 19.2. The van der Waals surface area contributed by atoms with Crippen LogP contribution in [-0.2, 0) is 28.6 Å². The predicted octanol–water partition coefficient (Wildman–Crippen LogP) is 19.2. The molecule has 0 rings (SSSR count). The van der Waals surface area contributed by atoms with E-state index in [9.17, 15) is 14.4 Å². The fourth-order valence-electron chi connectivity index (χ4n) is 8.15. The van der Waals surface area contributed by atoms with Crippen molar-refractivity contribution in [1.29, 1.82) is 0 Å². The van der Waals surface area contributed by atoms with Crippen molar-refractivity contribution in [2.75, 3.05) is 13.2 Å². The Bertz CT molecular complexity index is 1210. The van der Waals surface area contributed by atoms with Gasteiger partial charge in [0.15, 0.2) is 6.10 Å². The normalized spacial score (nSPS) is 12.5. The molecule has 0 N–H and O–H groups in total. The Hall–Kier alpha value is -2.89. The van der Waals surface area contributed by atoms with E-state index in [0.717, 1.165) is 89.9 Å². The molecular formula is C61H108O6. The molecule has 0 aromatic carbocycles. The lowest BCUT2D eigenvalue weighted by Crippen LogP contribution is -2.30. The smallest absolute Gasteiger partial charge is 0.306 e. The number of hydrogen-bond donors (Lipinski definition) is 0. The summed E-state index contributed by atoms with van der Waals surface area (Å²) in [5, 5.41) is 0. The SMILES string of the molecule is CC/C=C\C/C=C\C/C=C\CCCCCCCCCC(=O)OCC(COC(=O)CCCCCCC/C=C\CCCCCCCC)OC(=O)CCCCCCCCC/C=C\CCCCCCCC. The molecule has 0 aromatic heterocycles. The zero-order chi connectivity index (χ0) is 48.6. The first kappa shape index (κ1) is 64.1. The summed E-state index contributed by atoms with van der Waals surface area (Å²) in [7, 11) is 0. The molecule has 0 saturated carbocycles. The molecule has 67 heavy (non-hydrogen) atoms. The van der Waals surface area contributed by atoms with Crippen molar-refractivity contribution in [3.05, 3.63) is 60.8 Å². The highest BCUT2D eigenvalue weighted by atomic mass is 16.6. The van der Waals surface area contributed by atoms with Gasteiger partial charge in [-0.15, -0.1) is 0 Å². The number of carbonyl (C=O) groups is 3. The fraction of sp³-hybridized carbons (Fsp3) is 0.787. The predicted molar refractivity (Wildman–Crippen MR) is 288 cm³/mol. The van der Waals surface area contributed by atoms with E-state index in [2.05, 4.69) is 81.5 Å². The molecule has 0 fully saturated rings. The van der Waals surface area contributed by atoms with Gasteiger partial charge in [-0.05, 0) is 103 Å². The maximum absolute atomic E-state index is 12.9. The molecule has 0 aliphatic carbocycles. The Morgan fingerprint density at radius 1 is 0.313 bits per heavy atom. The molecule has 1 atom stereocenters. The maximum atomic E-state index is 12.9. The quantitative estimate of drug-likeness (QED) is 0.0262. The van der Waals surface area contributed by atoms with Gasteiger partial charge in [0, 0.05) is 19.3 Å². The Labute approximate surface area is 415 Å². The van der Waals surface area contributed by atoms with Gasteiger partial charge in [-0.1, -0.05) is 229 Å². The van der Waals surface area contributed by atoms with Gasteiger partial charge < -0.3 is 14.2 Å². The lowest BCUT2D eigenvalue weighted by Gasteiger charge is -2.18. The third-order valence-corrected chi connectivity index (χ3v) is 12.5. The lowest BCUT2D eigenvalue weighted by molar-refractivity contribution is -0.167. The van der Waals surface area contributed by atoms with Crippen LogP contribution in [0.5, 0.6) is 0 Å². The fourth-order valence-corrected chi connectivity index (χ4v) is 8.15. The summed E-state index contributed by atoms with van der Waals surface area (Å²) in [6, 6.07) is 0. The van der Waals surface area contributed by atoms with Crippen LogP contribution < -0.4 is 0 Å². The topological polar surface area (TPSA) is 78.9 Å². The number of rotatable bonds is 52. The molecule has 0 bridgehead atoms. The maximum Gasteiger partial charge on any atom is 0.306 e. The molecule has 388 valence electrons. The molecule has 0 heterocycles. The van der Waals surface area contributed by atoms with Gasteiger partial charge in [0.2, 0.25) is 0 Å². The molecule has 0 amide bonds. The Morgan fingerprint density at radius 2 is 0.582 bits per heavy atom. The third kappa shape index (κ3) is 53.9. The van der Waals surface area contributed by atoms with E-state index in [4.69, 9.17) is 14.2 Å². The van der Waals surface area contributed by atoms with Crippen LogP contribution in [0.25, 0.3) is 0 Å². The molecule has 1 unspecified atom stereocenters. The van der Waals surface area contributed by atoms with Gasteiger partial charge in [-0.3, -0.25) is 14.4 Å². The zero-order valence-corrected chi connectivity index (χ0v) is 44.4. The van der Waals surface area contributed by atoms with Crippen molar-refractivity contribution in [2.24, 2.45) is 0 Å². The minimum atomic E-state index is -0.784. The minimum Gasteiger partial charge on any atom is -0.462 e. The first-order valence-corrected chi connectivity index (χ1v) is 28.8. The lowest BCUT2D eigenvalue weighted by atomic mass is 10.1. The molecule has 0 aliphatic heterocycles. The van der Waals surface area contributed by atoms with Crippen molar-refractivity contribution < 1.29 is 28.6 Å². The van der Waals surface area contributed by atoms with Gasteiger partial charge in [0.05, 0.1) is 0 Å². The summed E-state index contributed by atoms with van der Waals surface area (Å²) < 4.78 is 16.9. The van der Waals surface area contributed by atoms with Crippen molar-refractivity contribution >= 4 is 17.9 Å². The number of carbonyl (C=O) groups excluding carboxylic acids is 3. The first-order chi connectivity index (χ1) is 33.0. The van der Waals surface area contributed by atoms with Crippen LogP contribution in [0, 0.1) is 0 Å². The van der Waals surface area contributed by atoms with Crippen LogP contribution in [0.1, 0.15) is 290 Å². The highest BCUT2D eigenvalue weighted by Crippen LogP contribution is 2.15. The average Bonchev–Trinajstić information content (AvgIpc) is 3.33. The van der Waals surface area contributed by atoms with E-state index in [1.165, 1.54) is 161 Å². The van der Waals surface area contributed by atoms with Crippen LogP contribution in [0.15, 0.2) is 60.8 Å². The van der Waals surface area contributed by atoms with E-state index in [0.29, 0.717) is 19.3 Å². The molecule has 6 nitrogen and oxygen atoms in total. The van der Waals surface area contributed by atoms with Gasteiger partial charge >= 0.3 is 17.9 Å². The molecule has 0 aromatic rings. The highest BCUT2D eigenvalue weighted by molar-refractivity contribution is 5.71. The molecule has 0 radical (unpaired) electrons. The Morgan fingerprint density at radius 3 is 0.925 bits per heavy atom. The molecule has 0 aliphatic rings. The van der Waals surface area contributed by atoms with Crippen molar-refractivity contribution in [1.82, 2.24) is 0 Å². The second kappa shape index (κ2) is 55.7. The number of esters is 3. The van der Waals surface area contributed by atoms with E-state index in [1.807, 2.05) is 0 Å². The van der Waals surface area contributed by atoms with Crippen molar-refractivity contribution in [3.8, 4) is 0 Å². The second-order valence-corrected chi connectivity index (χ2v) is 19.2. The van der Waals surface area contributed by atoms with Crippen LogP contribution in [-0.4, -0.2) is 37.2 Å². The zero-order valence-electron chi connectivity index (χ0n) is 44.4. The van der Waals surface area contributed by atoms with Gasteiger partial charge in [-0.25, -0.2) is 0 Å². The number of ether oxygens (including phenoxy) is 3. The summed E-state index contributed by atoms with van der Waals surface area (Å²) in [4.78, 5) is 38.2. The molecule has 0 spiro atoms. The summed E-state index contributed by atoms with van der Waals surface area (Å²) in [5.74, 6) is -0.894. The number of unbranched alkanes of at least 4 members (excludes halogenated alkanes) is 31. The van der Waals surface area contributed by atoms with E-state index >= 15 is 0 Å². The Balaban J connectivity index is 4.40. The van der Waals surface area contributed by atoms with E-state index < -0.39 is 6.10 Å². The monoisotopic (exact) mass is 937 g/mol. The van der Waals surface area contributed by atoms with Crippen molar-refractivity contribution in [3.63, 3.8) is 0 Å². The number of allylic oxidation sites excluding steroid dienone is 10. The minimum absolute atomic E-state index is 0.0824. The van der Waals surface area contributed by atoms with Crippen LogP contribution in [0.3, 0.4) is 0 Å². The van der Waals surface area contributed by atoms with Crippen LogP contribution in [0.4, 0.5) is 0 Å². The summed E-state index contributed by atoms with van der Waals surface area (Å²) in [5.41, 5.74) is 0. The molecule has 0 saturated heterocycles. The van der Waals surface area contributed by atoms with Crippen LogP contribution in [0.2, 0.25) is 0 Å². The first-order valence-electron chi connectivity index (χ1n) is 28.8. The van der Waals surface area contributed by atoms with Crippen molar-refractivity contribution in [2.45, 2.75) is 297 Å².